The van der Waals surface area contributed by atoms with E-state index in [1.807, 2.05) is 48.7 Å². The van der Waals surface area contributed by atoms with E-state index in [-0.39, 0.29) is 101 Å². The fourth-order valence-corrected chi connectivity index (χ4v) is 14.2. The summed E-state index contributed by atoms with van der Waals surface area (Å²) in [6, 6.07) is 0. The lowest BCUT2D eigenvalue weighted by Gasteiger charge is -2.23. The Kier molecular flexibility index (Phi) is 102. The standard InChI is InChI=1S/C13H27N3O.C13H26N2O.3C12H25N3O.C11H23N3O.C11H22N2O2.C10H22N2O.C9H21N3/c1-10(2)12(13(17)16(4)5)8-6-7-9-15-11(3)14;1-10(2)12(13(16)14-5)8-6-7-9-15-11(3)4;3*1-9(2)11(12(16)14-4)7-5-6-8-15-10(3)13;1-8(2)10(11(13)15)6-4-5-7-14-9(3)12;1-8(2)10(11(14)15)6-4-5-7-13-9(3)12;1-8(2)9(10(13)12-3)6-4-5-7-11;1-8(2)6-4-3-5-7-12-9(10)11/h10,12,15H,3,6-9,14H2,1-2,4-5H3;10,12,15H,3,6-9H2,1-2,4-5H3,(H,14,16);3*9,11,15H,3,5-8,13H2,1-2,4H3,(H,14,16);8,10,14H,3-7,12H2,1-2H3,(H2,13,15);8,10,13H,3-7,12H2,1-2H3,(H,14,15);8-9H,4-7,11H2,1-3H3,(H,12,13);8H,3-7H2,1-2H3,(H4,10,11,12)/t2*12-;3*11-;2*10-;9-;/m11110111./s1. The van der Waals surface area contributed by atoms with E-state index in [2.05, 4.69) is 212 Å². The van der Waals surface area contributed by atoms with Gasteiger partial charge in [-0.15, -0.1) is 0 Å². The van der Waals surface area contributed by atoms with Crippen molar-refractivity contribution < 1.29 is 43.5 Å². The van der Waals surface area contributed by atoms with Crippen LogP contribution in [-0.4, -0.2) is 172 Å². The zero-order valence-electron chi connectivity index (χ0n) is 91.3. The van der Waals surface area contributed by atoms with Gasteiger partial charge in [0.15, 0.2) is 5.96 Å². The Balaban J connectivity index is -0.000000191. The summed E-state index contributed by atoms with van der Waals surface area (Å²) in [5.41, 5.74) is 54.3. The van der Waals surface area contributed by atoms with Crippen LogP contribution in [0.15, 0.2) is 91.7 Å². The van der Waals surface area contributed by atoms with Crippen molar-refractivity contribution in [1.29, 1.82) is 0 Å². The monoisotopic (exact) mass is 1930 g/mol. The van der Waals surface area contributed by atoms with Crippen LogP contribution in [0.5, 0.6) is 0 Å². The number of guanidine groups is 1. The summed E-state index contributed by atoms with van der Waals surface area (Å²) >= 11 is 0. The number of carbonyl (C=O) groups is 8. The lowest BCUT2D eigenvalue weighted by atomic mass is 9.89. The largest absolute Gasteiger partial charge is 0.481 e. The van der Waals surface area contributed by atoms with E-state index in [4.69, 9.17) is 62.4 Å². The molecule has 0 bridgehead atoms. The van der Waals surface area contributed by atoms with Crippen LogP contribution in [0.2, 0.25) is 0 Å². The number of carboxylic acid groups (broad SMARTS) is 1. The normalized spacial score (nSPS) is 12.2. The van der Waals surface area contributed by atoms with Gasteiger partial charge in [0.05, 0.1) is 40.8 Å². The molecule has 0 aromatic rings. The van der Waals surface area contributed by atoms with Crippen molar-refractivity contribution in [2.75, 3.05) is 108 Å². The molecule has 7 amide bonds. The zero-order chi connectivity index (χ0) is 107. The Morgan fingerprint density at radius 2 is 0.493 bits per heavy atom. The van der Waals surface area contributed by atoms with Crippen molar-refractivity contribution in [3.05, 3.63) is 86.7 Å². The molecule has 33 N–H and O–H groups in total. The van der Waals surface area contributed by atoms with Crippen LogP contribution in [0.1, 0.15) is 311 Å². The minimum atomic E-state index is -0.693. The number of unbranched alkanes of at least 4 members (excludes halogenated alkanes) is 10. The van der Waals surface area contributed by atoms with Gasteiger partial charge in [-0.05, 0) is 176 Å². The molecule has 0 saturated heterocycles. The number of primary amides is 1. The van der Waals surface area contributed by atoms with Crippen molar-refractivity contribution in [1.82, 2.24) is 68.7 Å². The molecule has 0 aliphatic rings. The van der Waals surface area contributed by atoms with Crippen LogP contribution in [0.25, 0.3) is 0 Å². The maximum Gasteiger partial charge on any atom is 0.306 e. The van der Waals surface area contributed by atoms with E-state index in [9.17, 15) is 38.4 Å². The molecule has 0 aliphatic heterocycles. The number of carbonyl (C=O) groups excluding carboxylic acids is 7. The number of aliphatic carboxylic acids is 1. The number of nitrogens with two attached hydrogens (primary N) is 10. The first-order chi connectivity index (χ1) is 63.4. The van der Waals surface area contributed by atoms with Gasteiger partial charge in [-0.3, -0.25) is 43.3 Å². The van der Waals surface area contributed by atoms with Gasteiger partial charge in [0, 0.05) is 149 Å². The van der Waals surface area contributed by atoms with E-state index in [0.29, 0.717) is 76.4 Å². The van der Waals surface area contributed by atoms with Gasteiger partial charge in [-0.25, -0.2) is 0 Å². The molecule has 0 aromatic carbocycles. The Morgan fingerprint density at radius 1 is 0.287 bits per heavy atom. The summed E-state index contributed by atoms with van der Waals surface area (Å²) in [6.07, 6.45) is 28.3. The first-order valence-corrected chi connectivity index (χ1v) is 50.5. The molecule has 0 fully saturated rings. The Morgan fingerprint density at radius 3 is 0.669 bits per heavy atom. The average molecular weight is 1940 g/mol. The summed E-state index contributed by atoms with van der Waals surface area (Å²) < 4.78 is 0. The highest BCUT2D eigenvalue weighted by Gasteiger charge is 2.27. The molecule has 136 heavy (non-hydrogen) atoms. The van der Waals surface area contributed by atoms with Crippen molar-refractivity contribution in [3.8, 4) is 0 Å². The lowest BCUT2D eigenvalue weighted by Crippen LogP contribution is -2.32. The van der Waals surface area contributed by atoms with Gasteiger partial charge in [0.2, 0.25) is 41.4 Å². The molecule has 802 valence electrons. The number of nitrogens with one attached hydrogen (secondary N) is 12. The molecule has 0 rings (SSSR count). The quantitative estimate of drug-likeness (QED) is 0.0153. The van der Waals surface area contributed by atoms with E-state index in [1.54, 1.807) is 40.1 Å². The van der Waals surface area contributed by atoms with Crippen LogP contribution in [-0.2, 0) is 38.4 Å². The molecule has 0 saturated carbocycles. The zero-order valence-corrected chi connectivity index (χ0v) is 91.3. The minimum absolute atomic E-state index is 0.00826. The molecule has 33 heteroatoms. The first kappa shape index (κ1) is 144. The maximum absolute atomic E-state index is 11.9. The second kappa shape index (κ2) is 95.9. The van der Waals surface area contributed by atoms with Gasteiger partial charge in [0.25, 0.3) is 0 Å². The van der Waals surface area contributed by atoms with Crippen LogP contribution in [0, 0.1) is 101 Å². The number of amides is 7. The van der Waals surface area contributed by atoms with Crippen molar-refractivity contribution >= 4 is 53.3 Å². The molecule has 0 spiro atoms. The molecule has 0 heterocycles. The average Bonchev–Trinajstić information content (AvgIpc) is 0.869. The number of hydrogen-bond donors (Lipinski definition) is 23. The van der Waals surface area contributed by atoms with Crippen LogP contribution < -0.4 is 121 Å². The van der Waals surface area contributed by atoms with E-state index >= 15 is 0 Å². The van der Waals surface area contributed by atoms with Gasteiger partial charge in [0.1, 0.15) is 0 Å². The maximum atomic E-state index is 11.9. The highest BCUT2D eigenvalue weighted by atomic mass is 16.4. The summed E-state index contributed by atoms with van der Waals surface area (Å²) in [7, 11) is 12.1. The highest BCUT2D eigenvalue weighted by Crippen LogP contribution is 2.25. The third kappa shape index (κ3) is 99.1. The molecule has 8 atom stereocenters. The number of rotatable bonds is 68. The van der Waals surface area contributed by atoms with E-state index in [1.165, 1.54) is 19.3 Å². The topological polar surface area (TPSA) is 577 Å². The Bertz CT molecular complexity index is 2880. The molecular formula is C103H216N24O9. The third-order valence-corrected chi connectivity index (χ3v) is 22.6. The number of aliphatic imine (C=N–C) groups is 1. The van der Waals surface area contributed by atoms with Crippen molar-refractivity contribution in [3.63, 3.8) is 0 Å². The lowest BCUT2D eigenvalue weighted by molar-refractivity contribution is -0.143. The minimum Gasteiger partial charge on any atom is -0.481 e. The number of nitrogens with zero attached hydrogens (tertiary/aromatic N) is 2. The van der Waals surface area contributed by atoms with Crippen LogP contribution >= 0.6 is 0 Å². The SMILES string of the molecule is C=C(C)NCCCC[C@@H](C(=O)NC)C(C)C.C=C(N)NCCCC[C@@H](C(=O)N(C)C)C(C)C.C=C(N)NCCCC[C@@H](C(=O)NC)C(C)C.C=C(N)NCCCC[C@@H](C(=O)NC)C(C)C.C=C(N)NCCCC[C@@H](C(=O)O)C(C)C.C=C(N)NCCCC[C@@H](C(N)=O)C(C)C.C=C(N)NCCCC[C@H](C(=O)NC)C(C)C.CC(C)CCCCCN=C(N)N.CNC(=O)[C@H](CCCCN)C(C)C. The summed E-state index contributed by atoms with van der Waals surface area (Å²) in [5.74, 6) is 7.54. The molecular weight excluding hydrogens is 1720 g/mol. The number of carboxylic acids is 1. The number of hydrogen-bond acceptors (Lipinski definition) is 23. The molecule has 0 unspecified atom stereocenters. The molecule has 0 aromatic heterocycles. The second-order valence-corrected chi connectivity index (χ2v) is 38.6. The molecule has 0 aliphatic carbocycles. The van der Waals surface area contributed by atoms with Gasteiger partial charge in [-0.2, -0.15) is 0 Å². The van der Waals surface area contributed by atoms with E-state index in [0.717, 1.165) is 231 Å². The molecule has 33 nitrogen and oxygen atoms in total. The fraction of sp³-hybridized carbons (Fsp3) is 0.777. The van der Waals surface area contributed by atoms with Crippen LogP contribution in [0.3, 0.4) is 0 Å². The Hall–Kier alpha value is -9.43. The summed E-state index contributed by atoms with van der Waals surface area (Å²) in [4.78, 5) is 97.2. The second-order valence-electron chi connectivity index (χ2n) is 38.6. The van der Waals surface area contributed by atoms with Crippen LogP contribution in [0.4, 0.5) is 0 Å². The molecule has 0 radical (unpaired) electrons. The highest BCUT2D eigenvalue weighted by molar-refractivity contribution is 5.81. The van der Waals surface area contributed by atoms with Crippen molar-refractivity contribution in [2.24, 2.45) is 163 Å². The Labute approximate surface area is 830 Å². The first-order valence-electron chi connectivity index (χ1n) is 50.5. The van der Waals surface area contributed by atoms with Gasteiger partial charge >= 0.3 is 5.97 Å². The smallest absolute Gasteiger partial charge is 0.306 e. The predicted octanol–water partition coefficient (Wildman–Crippen LogP) is 12.5. The summed E-state index contributed by atoms with van der Waals surface area (Å²) in [6.45, 7) is 71.9. The van der Waals surface area contributed by atoms with Gasteiger partial charge in [-0.1, -0.05) is 241 Å². The van der Waals surface area contributed by atoms with Crippen molar-refractivity contribution in [2.45, 2.75) is 311 Å². The van der Waals surface area contributed by atoms with E-state index < -0.39 is 5.97 Å². The number of allylic oxidation sites excluding steroid dienone is 1. The third-order valence-electron chi connectivity index (χ3n) is 22.6. The van der Waals surface area contributed by atoms with Gasteiger partial charge < -0.3 is 131 Å². The summed E-state index contributed by atoms with van der Waals surface area (Å²) in [5, 5.41) is 43.5. The predicted molar refractivity (Wildman–Crippen MR) is 577 cm³/mol. The fourth-order valence-electron chi connectivity index (χ4n) is 14.2.